The van der Waals surface area contributed by atoms with Crippen LogP contribution in [0.5, 0.6) is 0 Å². The lowest BCUT2D eigenvalue weighted by Gasteiger charge is -2.14. The monoisotopic (exact) mass is 282 g/mol. The average molecular weight is 282 g/mol. The second-order valence-electron chi connectivity index (χ2n) is 5.35. The van der Waals surface area contributed by atoms with Crippen LogP contribution in [0.25, 0.3) is 0 Å². The number of likely N-dealkylation sites (tertiary alicyclic amines) is 1. The van der Waals surface area contributed by atoms with Crippen LogP contribution < -0.4 is 0 Å². The van der Waals surface area contributed by atoms with Crippen molar-refractivity contribution in [2.75, 3.05) is 13.1 Å². The number of thiazole rings is 1. The van der Waals surface area contributed by atoms with Crippen molar-refractivity contribution in [2.45, 2.75) is 26.7 Å². The van der Waals surface area contributed by atoms with E-state index in [-0.39, 0.29) is 11.8 Å². The van der Waals surface area contributed by atoms with Crippen molar-refractivity contribution in [3.63, 3.8) is 0 Å². The molecular weight excluding hydrogens is 264 g/mol. The van der Waals surface area contributed by atoms with Crippen molar-refractivity contribution in [2.24, 2.45) is 11.8 Å². The first-order valence-corrected chi connectivity index (χ1v) is 7.19. The molecule has 1 aromatic rings. The number of carboxylic acid groups (broad SMARTS) is 1. The van der Waals surface area contributed by atoms with Gasteiger partial charge in [0.25, 0.3) is 5.91 Å². The van der Waals surface area contributed by atoms with E-state index in [1.165, 1.54) is 11.3 Å². The summed E-state index contributed by atoms with van der Waals surface area (Å²) in [6, 6.07) is 0. The highest BCUT2D eigenvalue weighted by molar-refractivity contribution is 7.13. The molecule has 0 aromatic carbocycles. The van der Waals surface area contributed by atoms with Crippen LogP contribution in [0.15, 0.2) is 6.20 Å². The lowest BCUT2D eigenvalue weighted by Crippen LogP contribution is -2.29. The molecule has 1 N–H and O–H groups in total. The van der Waals surface area contributed by atoms with Crippen molar-refractivity contribution in [1.29, 1.82) is 0 Å². The van der Waals surface area contributed by atoms with Gasteiger partial charge < -0.3 is 10.0 Å². The Hall–Kier alpha value is -1.43. The molecule has 6 heteroatoms. The van der Waals surface area contributed by atoms with Gasteiger partial charge in [0, 0.05) is 19.0 Å². The fourth-order valence-electron chi connectivity index (χ4n) is 2.26. The van der Waals surface area contributed by atoms with E-state index in [1.807, 2.05) is 20.8 Å². The van der Waals surface area contributed by atoms with Crippen LogP contribution in [-0.4, -0.2) is 40.0 Å². The van der Waals surface area contributed by atoms with Crippen molar-refractivity contribution in [3.8, 4) is 0 Å². The van der Waals surface area contributed by atoms with Crippen LogP contribution in [0.4, 0.5) is 0 Å². The normalized spacial score (nSPS) is 23.1. The summed E-state index contributed by atoms with van der Waals surface area (Å²) in [4.78, 5) is 29.8. The summed E-state index contributed by atoms with van der Waals surface area (Å²) >= 11 is 1.40. The zero-order valence-corrected chi connectivity index (χ0v) is 12.1. The minimum Gasteiger partial charge on any atom is -0.481 e. The lowest BCUT2D eigenvalue weighted by molar-refractivity contribution is -0.142. The van der Waals surface area contributed by atoms with Gasteiger partial charge in [-0.25, -0.2) is 4.98 Å². The predicted molar refractivity (Wildman–Crippen MR) is 72.4 cm³/mol. The number of aromatic nitrogens is 1. The third-order valence-electron chi connectivity index (χ3n) is 3.45. The molecule has 1 saturated heterocycles. The molecule has 104 valence electrons. The second kappa shape index (κ2) is 5.28. The zero-order valence-electron chi connectivity index (χ0n) is 11.3. The number of rotatable bonds is 3. The number of nitrogens with zero attached hydrogens (tertiary/aromatic N) is 2. The van der Waals surface area contributed by atoms with Crippen LogP contribution in [0, 0.1) is 11.8 Å². The fraction of sp³-hybridized carbons (Fsp3) is 0.615. The van der Waals surface area contributed by atoms with Crippen molar-refractivity contribution >= 4 is 23.2 Å². The Labute approximate surface area is 116 Å². The maximum Gasteiger partial charge on any atom is 0.308 e. The van der Waals surface area contributed by atoms with Crippen LogP contribution in [-0.2, 0) is 4.79 Å². The number of hydrogen-bond donors (Lipinski definition) is 1. The molecule has 0 aliphatic carbocycles. The zero-order chi connectivity index (χ0) is 14.2. The molecule has 0 unspecified atom stereocenters. The summed E-state index contributed by atoms with van der Waals surface area (Å²) in [7, 11) is 0. The Bertz CT molecular complexity index is 498. The van der Waals surface area contributed by atoms with Gasteiger partial charge in [0.05, 0.1) is 17.1 Å². The van der Waals surface area contributed by atoms with Gasteiger partial charge in [0.15, 0.2) is 0 Å². The van der Waals surface area contributed by atoms with E-state index in [1.54, 1.807) is 11.1 Å². The quantitative estimate of drug-likeness (QED) is 0.921. The van der Waals surface area contributed by atoms with E-state index >= 15 is 0 Å². The highest BCUT2D eigenvalue weighted by Gasteiger charge is 2.37. The SMILES string of the molecule is CC(C)c1ncc(C(=O)N2C[C@@H](C)[C@H](C(=O)O)C2)s1. The molecule has 1 aromatic heterocycles. The molecular formula is C13H18N2O3S. The Balaban J connectivity index is 2.10. The summed E-state index contributed by atoms with van der Waals surface area (Å²) in [6.07, 6.45) is 1.60. The standard InChI is InChI=1S/C13H18N2O3S/c1-7(2)11-14-4-10(19-11)12(16)15-5-8(3)9(6-15)13(17)18/h4,7-9H,5-6H2,1-3H3,(H,17,18)/t8-,9-/m1/s1. The summed E-state index contributed by atoms with van der Waals surface area (Å²) in [5, 5.41) is 10.0. The van der Waals surface area contributed by atoms with Gasteiger partial charge in [0.1, 0.15) is 4.88 Å². The molecule has 2 heterocycles. The highest BCUT2D eigenvalue weighted by Crippen LogP contribution is 2.27. The first-order valence-electron chi connectivity index (χ1n) is 6.38. The van der Waals surface area contributed by atoms with Crippen molar-refractivity contribution in [3.05, 3.63) is 16.1 Å². The van der Waals surface area contributed by atoms with Crippen LogP contribution in [0.2, 0.25) is 0 Å². The van der Waals surface area contributed by atoms with E-state index in [9.17, 15) is 9.59 Å². The Morgan fingerprint density at radius 1 is 1.47 bits per heavy atom. The number of carbonyl (C=O) groups is 2. The molecule has 0 radical (unpaired) electrons. The molecule has 1 aliphatic rings. The Morgan fingerprint density at radius 3 is 2.63 bits per heavy atom. The Kier molecular flexibility index (Phi) is 3.89. The molecule has 0 bridgehead atoms. The van der Waals surface area contributed by atoms with Crippen molar-refractivity contribution in [1.82, 2.24) is 9.88 Å². The second-order valence-corrected chi connectivity index (χ2v) is 6.41. The maximum absolute atomic E-state index is 12.3. The minimum atomic E-state index is -0.824. The van der Waals surface area contributed by atoms with Crippen LogP contribution in [0.1, 0.15) is 41.4 Å². The molecule has 2 atom stereocenters. The van der Waals surface area contributed by atoms with Crippen LogP contribution in [0.3, 0.4) is 0 Å². The molecule has 0 saturated carbocycles. The number of carboxylic acids is 1. The molecule has 2 rings (SSSR count). The van der Waals surface area contributed by atoms with E-state index < -0.39 is 11.9 Å². The third kappa shape index (κ3) is 2.78. The maximum atomic E-state index is 12.3. The van der Waals surface area contributed by atoms with Crippen LogP contribution >= 0.6 is 11.3 Å². The largest absolute Gasteiger partial charge is 0.481 e. The third-order valence-corrected chi connectivity index (χ3v) is 4.73. The minimum absolute atomic E-state index is 0.000981. The van der Waals surface area contributed by atoms with Gasteiger partial charge in [-0.2, -0.15) is 0 Å². The molecule has 0 spiro atoms. The number of amides is 1. The van der Waals surface area contributed by atoms with E-state index in [2.05, 4.69) is 4.98 Å². The van der Waals surface area contributed by atoms with E-state index in [4.69, 9.17) is 5.11 Å². The van der Waals surface area contributed by atoms with E-state index in [0.29, 0.717) is 23.9 Å². The summed E-state index contributed by atoms with van der Waals surface area (Å²) < 4.78 is 0. The van der Waals surface area contributed by atoms with Gasteiger partial charge in [-0.05, 0) is 5.92 Å². The lowest BCUT2D eigenvalue weighted by atomic mass is 9.99. The smallest absolute Gasteiger partial charge is 0.308 e. The van der Waals surface area contributed by atoms with Gasteiger partial charge >= 0.3 is 5.97 Å². The van der Waals surface area contributed by atoms with Gasteiger partial charge in [-0.3, -0.25) is 9.59 Å². The molecule has 1 aliphatic heterocycles. The van der Waals surface area contributed by atoms with Crippen molar-refractivity contribution < 1.29 is 14.7 Å². The van der Waals surface area contributed by atoms with Gasteiger partial charge in [0.2, 0.25) is 0 Å². The summed E-state index contributed by atoms with van der Waals surface area (Å²) in [5.41, 5.74) is 0. The fourth-order valence-corrected chi connectivity index (χ4v) is 3.15. The topological polar surface area (TPSA) is 70.5 Å². The molecule has 5 nitrogen and oxygen atoms in total. The highest BCUT2D eigenvalue weighted by atomic mass is 32.1. The number of hydrogen-bond acceptors (Lipinski definition) is 4. The van der Waals surface area contributed by atoms with Gasteiger partial charge in [-0.15, -0.1) is 11.3 Å². The first kappa shape index (κ1) is 14.0. The summed E-state index contributed by atoms with van der Waals surface area (Å²) in [6.45, 7) is 6.74. The predicted octanol–water partition coefficient (Wildman–Crippen LogP) is 2.06. The molecule has 1 fully saturated rings. The first-order chi connectivity index (χ1) is 8.90. The van der Waals surface area contributed by atoms with Gasteiger partial charge in [-0.1, -0.05) is 20.8 Å². The number of aliphatic carboxylic acids is 1. The number of carbonyl (C=O) groups excluding carboxylic acids is 1. The average Bonchev–Trinajstić information content (AvgIpc) is 2.94. The Morgan fingerprint density at radius 2 is 2.16 bits per heavy atom. The molecule has 1 amide bonds. The molecule has 19 heavy (non-hydrogen) atoms. The summed E-state index contributed by atoms with van der Waals surface area (Å²) in [5.74, 6) is -1.08. The van der Waals surface area contributed by atoms with E-state index in [0.717, 1.165) is 5.01 Å².